The number of hydrogen-bond acceptors (Lipinski definition) is 7. The Kier molecular flexibility index (Phi) is 8.38. The van der Waals surface area contributed by atoms with E-state index in [9.17, 15) is 22.5 Å². The number of rotatable bonds is 7. The Balaban J connectivity index is 1.38. The third-order valence-electron chi connectivity index (χ3n) is 8.27. The molecular weight excluding hydrogens is 605 g/mol. The number of halogens is 3. The highest BCUT2D eigenvalue weighted by Crippen LogP contribution is 2.40. The second-order valence-electron chi connectivity index (χ2n) is 11.1. The van der Waals surface area contributed by atoms with Crippen LogP contribution in [-0.4, -0.2) is 54.1 Å². The van der Waals surface area contributed by atoms with E-state index in [0.717, 1.165) is 53.2 Å². The van der Waals surface area contributed by atoms with E-state index in [1.54, 1.807) is 7.11 Å². The summed E-state index contributed by atoms with van der Waals surface area (Å²) in [6, 6.07) is 26.7. The summed E-state index contributed by atoms with van der Waals surface area (Å²) in [6.07, 6.45) is -4.31. The van der Waals surface area contributed by atoms with Gasteiger partial charge in [-0.05, 0) is 84.6 Å². The number of aryl methyl sites for hydroxylation is 2. The molecule has 4 atom stereocenters. The highest BCUT2D eigenvalue weighted by atomic mass is 32.2. The van der Waals surface area contributed by atoms with E-state index in [1.165, 1.54) is 12.1 Å². The standard InChI is InChI=1S/C33H33F3N4O4S/c1-43-25-14-12-24(13-15-25)39-20-28(38-45(37,42)27-18-16-26(17-19-27)44-33(34,35)36)32(41)31(21-39)40-29-8-4-2-6-22(29)10-11-23-7-3-5-9-30(23)40/h2-9,12-19,28,31-32,41H,10-11,20-21H2,1H3,(H2,37,38,42). The van der Waals surface area contributed by atoms with Crippen molar-refractivity contribution < 1.29 is 32.0 Å². The molecule has 0 spiro atoms. The van der Waals surface area contributed by atoms with Crippen LogP contribution in [0.4, 0.5) is 30.2 Å². The molecule has 236 valence electrons. The highest BCUT2D eigenvalue weighted by Gasteiger charge is 2.42. The van der Waals surface area contributed by atoms with Crippen molar-refractivity contribution in [2.75, 3.05) is 30.0 Å². The number of nitrogens with zero attached hydrogens (tertiary/aromatic N) is 2. The molecule has 0 saturated carbocycles. The van der Waals surface area contributed by atoms with E-state index in [1.807, 2.05) is 60.7 Å². The van der Waals surface area contributed by atoms with E-state index in [-0.39, 0.29) is 11.4 Å². The topological polar surface area (TPSA) is 98.1 Å². The van der Waals surface area contributed by atoms with Gasteiger partial charge in [-0.25, -0.2) is 13.7 Å². The van der Waals surface area contributed by atoms with Gasteiger partial charge < -0.3 is 24.4 Å². The van der Waals surface area contributed by atoms with Crippen LogP contribution in [0.2, 0.25) is 0 Å². The Morgan fingerprint density at radius 1 is 0.844 bits per heavy atom. The molecule has 45 heavy (non-hydrogen) atoms. The first kappa shape index (κ1) is 30.8. The summed E-state index contributed by atoms with van der Waals surface area (Å²) in [5, 5.41) is 12.0. The van der Waals surface area contributed by atoms with Crippen LogP contribution in [-0.2, 0) is 22.8 Å². The van der Waals surface area contributed by atoms with Crippen molar-refractivity contribution in [2.24, 2.45) is 0 Å². The predicted octanol–water partition coefficient (Wildman–Crippen LogP) is 6.06. The monoisotopic (exact) mass is 638 g/mol. The fourth-order valence-electron chi connectivity index (χ4n) is 6.15. The molecule has 1 saturated heterocycles. The zero-order chi connectivity index (χ0) is 31.8. The third-order valence-corrected chi connectivity index (χ3v) is 9.84. The lowest BCUT2D eigenvalue weighted by Crippen LogP contribution is -2.65. The molecule has 2 heterocycles. The van der Waals surface area contributed by atoms with Gasteiger partial charge in [-0.2, -0.15) is 0 Å². The molecular formula is C33H33F3N4O4S. The Bertz CT molecular complexity index is 1700. The number of alkyl halides is 3. The smallest absolute Gasteiger partial charge is 0.497 e. The first-order valence-corrected chi connectivity index (χ1v) is 16.0. The molecule has 12 heteroatoms. The molecule has 1 fully saturated rings. The number of aliphatic hydroxyl groups excluding tert-OH is 1. The SMILES string of the molecule is COc1ccc(N2CC(NS(=N)(=O)c3ccc(OC(F)(F)F)cc3)C(O)C(N3c4ccccc4CCc4ccccc43)C2)cc1. The van der Waals surface area contributed by atoms with Crippen LogP contribution in [0.3, 0.4) is 0 Å². The summed E-state index contributed by atoms with van der Waals surface area (Å²) in [6.45, 7) is 0.628. The van der Waals surface area contributed by atoms with E-state index < -0.39 is 40.2 Å². The van der Waals surface area contributed by atoms with Gasteiger partial charge in [0, 0.05) is 30.2 Å². The first-order chi connectivity index (χ1) is 21.5. The van der Waals surface area contributed by atoms with Crippen LogP contribution in [0.25, 0.3) is 0 Å². The van der Waals surface area contributed by atoms with E-state index in [4.69, 9.17) is 9.52 Å². The van der Waals surface area contributed by atoms with Gasteiger partial charge in [0.25, 0.3) is 0 Å². The maximum Gasteiger partial charge on any atom is 0.573 e. The maximum atomic E-state index is 13.8. The number of anilines is 3. The third kappa shape index (κ3) is 6.58. The lowest BCUT2D eigenvalue weighted by molar-refractivity contribution is -0.274. The maximum absolute atomic E-state index is 13.8. The molecule has 0 aromatic heterocycles. The molecule has 2 aliphatic rings. The van der Waals surface area contributed by atoms with Crippen molar-refractivity contribution in [1.82, 2.24) is 4.72 Å². The van der Waals surface area contributed by atoms with Gasteiger partial charge in [-0.1, -0.05) is 36.4 Å². The second-order valence-corrected chi connectivity index (χ2v) is 12.9. The number of piperidine rings is 1. The van der Waals surface area contributed by atoms with Crippen LogP contribution < -0.4 is 24.0 Å². The van der Waals surface area contributed by atoms with E-state index in [2.05, 4.69) is 31.4 Å². The zero-order valence-electron chi connectivity index (χ0n) is 24.4. The second kappa shape index (κ2) is 12.3. The van der Waals surface area contributed by atoms with Crippen molar-refractivity contribution in [3.63, 3.8) is 0 Å². The van der Waals surface area contributed by atoms with Crippen LogP contribution in [0, 0.1) is 4.78 Å². The van der Waals surface area contributed by atoms with Crippen LogP contribution in [0.5, 0.6) is 11.5 Å². The summed E-state index contributed by atoms with van der Waals surface area (Å²) in [7, 11) is -2.18. The number of fused-ring (bicyclic) bond motifs is 2. The number of hydrogen-bond donors (Lipinski definition) is 3. The lowest BCUT2D eigenvalue weighted by Gasteiger charge is -2.48. The summed E-state index contributed by atoms with van der Waals surface area (Å²) in [4.78, 5) is 4.19. The van der Waals surface area contributed by atoms with Crippen molar-refractivity contribution in [3.05, 3.63) is 108 Å². The van der Waals surface area contributed by atoms with Crippen molar-refractivity contribution in [3.8, 4) is 11.5 Å². The molecule has 2 aliphatic heterocycles. The first-order valence-electron chi connectivity index (χ1n) is 14.5. The van der Waals surface area contributed by atoms with E-state index >= 15 is 0 Å². The van der Waals surface area contributed by atoms with Gasteiger partial charge in [0.2, 0.25) is 0 Å². The summed E-state index contributed by atoms with van der Waals surface area (Å²) in [5.74, 6) is 0.202. The average Bonchev–Trinajstić information content (AvgIpc) is 3.18. The van der Waals surface area contributed by atoms with Gasteiger partial charge in [-0.3, -0.25) is 0 Å². The van der Waals surface area contributed by atoms with Crippen molar-refractivity contribution in [2.45, 2.75) is 42.3 Å². The number of ether oxygens (including phenoxy) is 2. The molecule has 4 unspecified atom stereocenters. The molecule has 4 aromatic carbocycles. The van der Waals surface area contributed by atoms with Crippen molar-refractivity contribution >= 4 is 27.0 Å². The number of para-hydroxylation sites is 2. The summed E-state index contributed by atoms with van der Waals surface area (Å²) < 4.78 is 72.7. The van der Waals surface area contributed by atoms with Crippen molar-refractivity contribution in [1.29, 1.82) is 4.78 Å². The fraction of sp³-hybridized carbons (Fsp3) is 0.273. The molecule has 0 bridgehead atoms. The molecule has 3 N–H and O–H groups in total. The Labute approximate surface area is 260 Å². The van der Waals surface area contributed by atoms with Crippen LogP contribution in [0.1, 0.15) is 11.1 Å². The number of methoxy groups -OCH3 is 1. The van der Waals surface area contributed by atoms with E-state index in [0.29, 0.717) is 12.3 Å². The summed E-state index contributed by atoms with van der Waals surface area (Å²) >= 11 is 0. The van der Waals surface area contributed by atoms with Gasteiger partial charge in [-0.15, -0.1) is 13.2 Å². The minimum atomic E-state index is -4.88. The highest BCUT2D eigenvalue weighted by molar-refractivity contribution is 7.90. The number of nitrogens with one attached hydrogen (secondary N) is 2. The van der Waals surface area contributed by atoms with Gasteiger partial charge in [0.1, 0.15) is 21.4 Å². The van der Waals surface area contributed by atoms with Gasteiger partial charge in [0.05, 0.1) is 30.2 Å². The summed E-state index contributed by atoms with van der Waals surface area (Å²) in [5.41, 5.74) is 5.05. The molecule has 8 nitrogen and oxygen atoms in total. The zero-order valence-corrected chi connectivity index (χ0v) is 25.2. The molecule has 0 amide bonds. The quantitative estimate of drug-likeness (QED) is 0.228. The number of benzene rings is 4. The Morgan fingerprint density at radius 3 is 1.96 bits per heavy atom. The normalized spacial score (nSPS) is 21.2. The van der Waals surface area contributed by atoms with Crippen LogP contribution >= 0.6 is 0 Å². The molecule has 0 radical (unpaired) electrons. The average molecular weight is 639 g/mol. The van der Waals surface area contributed by atoms with Crippen LogP contribution in [0.15, 0.2) is 102 Å². The fourth-order valence-corrected chi connectivity index (χ4v) is 7.45. The predicted molar refractivity (Wildman–Crippen MR) is 167 cm³/mol. The molecule has 4 aromatic rings. The minimum absolute atomic E-state index is 0.0344. The molecule has 0 aliphatic carbocycles. The van der Waals surface area contributed by atoms with Gasteiger partial charge >= 0.3 is 6.36 Å². The Morgan fingerprint density at radius 2 is 1.40 bits per heavy atom. The number of aliphatic hydroxyl groups is 1. The van der Waals surface area contributed by atoms with Gasteiger partial charge in [0.15, 0.2) is 0 Å². The lowest BCUT2D eigenvalue weighted by atomic mass is 9.94. The molecule has 6 rings (SSSR count). The largest absolute Gasteiger partial charge is 0.573 e. The Hall–Kier alpha value is -4.26. The minimum Gasteiger partial charge on any atom is -0.497 e.